The molecule has 1 aliphatic rings. The number of amides is 2. The van der Waals surface area contributed by atoms with Crippen molar-refractivity contribution in [3.63, 3.8) is 0 Å². The average molecular weight is 421 g/mol. The minimum absolute atomic E-state index is 0.0243. The third-order valence-corrected chi connectivity index (χ3v) is 5.84. The molecule has 1 saturated heterocycles. The lowest BCUT2D eigenvalue weighted by atomic mass is 9.97. The third-order valence-electron chi connectivity index (χ3n) is 5.84. The zero-order chi connectivity index (χ0) is 22.1. The van der Waals surface area contributed by atoms with Crippen molar-refractivity contribution in [3.8, 4) is 11.3 Å². The maximum absolute atomic E-state index is 12.9. The molecule has 0 spiro atoms. The average Bonchev–Trinajstić information content (AvgIpc) is 3.27. The van der Waals surface area contributed by atoms with E-state index in [1.807, 2.05) is 68.8 Å². The Bertz CT molecular complexity index is 1090. The maximum Gasteiger partial charge on any atom is 0.272 e. The first kappa shape index (κ1) is 20.8. The summed E-state index contributed by atoms with van der Waals surface area (Å²) in [5.41, 5.74) is 5.08. The number of H-pyrrole nitrogens is 1. The van der Waals surface area contributed by atoms with Crippen LogP contribution < -0.4 is 5.32 Å². The van der Waals surface area contributed by atoms with Crippen molar-refractivity contribution in [2.75, 3.05) is 19.6 Å². The van der Waals surface area contributed by atoms with Crippen molar-refractivity contribution >= 4 is 11.8 Å². The van der Waals surface area contributed by atoms with Crippen LogP contribution in [0.5, 0.6) is 0 Å². The molecule has 2 aromatic heterocycles. The van der Waals surface area contributed by atoms with Crippen LogP contribution in [0.1, 0.15) is 40.4 Å². The van der Waals surface area contributed by atoms with Gasteiger partial charge in [0.15, 0.2) is 0 Å². The second-order valence-electron chi connectivity index (χ2n) is 8.31. The number of rotatable bonds is 6. The van der Waals surface area contributed by atoms with Gasteiger partial charge in [-0.15, -0.1) is 0 Å². The molecule has 3 aromatic rings. The fourth-order valence-electron chi connectivity index (χ4n) is 4.02. The molecular weight excluding hydrogens is 392 g/mol. The molecule has 0 bridgehead atoms. The molecule has 8 nitrogen and oxygen atoms in total. The van der Waals surface area contributed by atoms with E-state index in [2.05, 4.69) is 20.6 Å². The van der Waals surface area contributed by atoms with Crippen molar-refractivity contribution in [3.05, 3.63) is 59.0 Å². The van der Waals surface area contributed by atoms with Crippen molar-refractivity contribution < 1.29 is 9.59 Å². The van der Waals surface area contributed by atoms with Gasteiger partial charge in [-0.1, -0.05) is 30.3 Å². The van der Waals surface area contributed by atoms with Gasteiger partial charge >= 0.3 is 0 Å². The van der Waals surface area contributed by atoms with Crippen LogP contribution in [0, 0.1) is 26.7 Å². The summed E-state index contributed by atoms with van der Waals surface area (Å²) in [4.78, 5) is 27.1. The second kappa shape index (κ2) is 8.37. The molecule has 0 saturated carbocycles. The largest absolute Gasteiger partial charge is 0.354 e. The van der Waals surface area contributed by atoms with Crippen molar-refractivity contribution in [2.24, 2.45) is 5.92 Å². The van der Waals surface area contributed by atoms with Crippen LogP contribution in [0.4, 0.5) is 0 Å². The summed E-state index contributed by atoms with van der Waals surface area (Å²) in [6.07, 6.45) is 0. The van der Waals surface area contributed by atoms with E-state index in [-0.39, 0.29) is 23.8 Å². The number of likely N-dealkylation sites (tertiary alicyclic amines) is 1. The molecule has 1 fully saturated rings. The molecule has 162 valence electrons. The molecule has 2 amide bonds. The van der Waals surface area contributed by atoms with Crippen molar-refractivity contribution in [1.29, 1.82) is 0 Å². The summed E-state index contributed by atoms with van der Waals surface area (Å²) in [7, 11) is 0. The van der Waals surface area contributed by atoms with E-state index in [0.717, 1.165) is 28.2 Å². The number of carbonyl (C=O) groups is 2. The highest BCUT2D eigenvalue weighted by Crippen LogP contribution is 2.26. The van der Waals surface area contributed by atoms with E-state index in [1.165, 1.54) is 0 Å². The van der Waals surface area contributed by atoms with Crippen LogP contribution in [-0.2, 0) is 4.79 Å². The molecule has 3 heterocycles. The summed E-state index contributed by atoms with van der Waals surface area (Å²) in [5, 5.41) is 14.7. The van der Waals surface area contributed by atoms with E-state index in [4.69, 9.17) is 0 Å². The first-order chi connectivity index (χ1) is 14.8. The Balaban J connectivity index is 1.31. The highest BCUT2D eigenvalue weighted by atomic mass is 16.2. The van der Waals surface area contributed by atoms with Crippen molar-refractivity contribution in [2.45, 2.75) is 33.7 Å². The van der Waals surface area contributed by atoms with E-state index >= 15 is 0 Å². The lowest BCUT2D eigenvalue weighted by Gasteiger charge is -2.38. The van der Waals surface area contributed by atoms with Gasteiger partial charge in [-0.3, -0.25) is 19.4 Å². The van der Waals surface area contributed by atoms with Gasteiger partial charge in [0.05, 0.1) is 23.3 Å². The molecule has 1 aliphatic heterocycles. The fraction of sp³-hybridized carbons (Fsp3) is 0.391. The number of benzene rings is 1. The first-order valence-electron chi connectivity index (χ1n) is 10.5. The van der Waals surface area contributed by atoms with Gasteiger partial charge in [0.1, 0.15) is 5.69 Å². The highest BCUT2D eigenvalue weighted by Gasteiger charge is 2.37. The molecule has 0 aliphatic carbocycles. The Morgan fingerprint density at radius 1 is 1.19 bits per heavy atom. The normalized spacial score (nSPS) is 14.9. The standard InChI is InChI=1S/C23H28N6O2/c1-14-10-15(2)29(27-14)16(3)11-24-22(30)19-12-28(13-19)23(31)21-17(4)20(25-26-21)18-8-6-5-7-9-18/h5-10,16,19H,11-13H2,1-4H3,(H,24,30)(H,25,26). The number of hydrogen-bond donors (Lipinski definition) is 2. The zero-order valence-electron chi connectivity index (χ0n) is 18.3. The first-order valence-corrected chi connectivity index (χ1v) is 10.5. The quantitative estimate of drug-likeness (QED) is 0.641. The summed E-state index contributed by atoms with van der Waals surface area (Å²) in [6.45, 7) is 9.22. The monoisotopic (exact) mass is 420 g/mol. The fourth-order valence-corrected chi connectivity index (χ4v) is 4.02. The highest BCUT2D eigenvalue weighted by molar-refractivity contribution is 5.97. The predicted molar refractivity (Wildman–Crippen MR) is 118 cm³/mol. The van der Waals surface area contributed by atoms with Crippen LogP contribution in [-0.4, -0.2) is 56.3 Å². The lowest BCUT2D eigenvalue weighted by Crippen LogP contribution is -2.56. The number of carbonyl (C=O) groups excluding carboxylic acids is 2. The molecule has 1 atom stereocenters. The third kappa shape index (κ3) is 4.10. The number of aromatic nitrogens is 4. The topological polar surface area (TPSA) is 95.9 Å². The van der Waals surface area contributed by atoms with Crippen LogP contribution >= 0.6 is 0 Å². The Labute approximate surface area is 181 Å². The number of aromatic amines is 1. The van der Waals surface area contributed by atoms with Gasteiger partial charge in [0.25, 0.3) is 5.91 Å². The van der Waals surface area contributed by atoms with Gasteiger partial charge < -0.3 is 10.2 Å². The zero-order valence-corrected chi connectivity index (χ0v) is 18.3. The van der Waals surface area contributed by atoms with Gasteiger partial charge in [0, 0.05) is 36.5 Å². The molecule has 8 heteroatoms. The smallest absolute Gasteiger partial charge is 0.272 e. The SMILES string of the molecule is Cc1cc(C)n(C(C)CNC(=O)C2CN(C(=O)c3[nH]nc(-c4ccccc4)c3C)C2)n1. The van der Waals surface area contributed by atoms with Gasteiger partial charge in [-0.2, -0.15) is 10.2 Å². The number of hydrogen-bond acceptors (Lipinski definition) is 4. The van der Waals surface area contributed by atoms with E-state index in [9.17, 15) is 9.59 Å². The molecule has 1 aromatic carbocycles. The molecule has 0 radical (unpaired) electrons. The minimum atomic E-state index is -0.187. The summed E-state index contributed by atoms with van der Waals surface area (Å²) in [5.74, 6) is -0.329. The molecular formula is C23H28N6O2. The molecule has 1 unspecified atom stereocenters. The number of aryl methyl sites for hydroxylation is 2. The Morgan fingerprint density at radius 3 is 2.55 bits per heavy atom. The summed E-state index contributed by atoms with van der Waals surface area (Å²) in [6, 6.07) is 11.9. The van der Waals surface area contributed by atoms with Crippen molar-refractivity contribution in [1.82, 2.24) is 30.2 Å². The van der Waals surface area contributed by atoms with Gasteiger partial charge in [-0.05, 0) is 33.8 Å². The Hall–Kier alpha value is -3.42. The predicted octanol–water partition coefficient (Wildman–Crippen LogP) is 2.65. The Kier molecular flexibility index (Phi) is 5.63. The number of nitrogens with zero attached hydrogens (tertiary/aromatic N) is 4. The van der Waals surface area contributed by atoms with E-state index in [0.29, 0.717) is 25.3 Å². The van der Waals surface area contributed by atoms with E-state index in [1.54, 1.807) is 4.90 Å². The van der Waals surface area contributed by atoms with Crippen LogP contribution in [0.3, 0.4) is 0 Å². The van der Waals surface area contributed by atoms with Crippen LogP contribution in [0.25, 0.3) is 11.3 Å². The van der Waals surface area contributed by atoms with Gasteiger partial charge in [0.2, 0.25) is 5.91 Å². The van der Waals surface area contributed by atoms with Crippen LogP contribution in [0.15, 0.2) is 36.4 Å². The maximum atomic E-state index is 12.9. The minimum Gasteiger partial charge on any atom is -0.354 e. The summed E-state index contributed by atoms with van der Waals surface area (Å²) >= 11 is 0. The number of nitrogens with one attached hydrogen (secondary N) is 2. The second-order valence-corrected chi connectivity index (χ2v) is 8.31. The Morgan fingerprint density at radius 2 is 1.90 bits per heavy atom. The lowest BCUT2D eigenvalue weighted by molar-refractivity contribution is -0.129. The molecule has 4 rings (SSSR count). The summed E-state index contributed by atoms with van der Waals surface area (Å²) < 4.78 is 1.93. The van der Waals surface area contributed by atoms with Gasteiger partial charge in [-0.25, -0.2) is 0 Å². The van der Waals surface area contributed by atoms with Crippen LogP contribution in [0.2, 0.25) is 0 Å². The molecule has 2 N–H and O–H groups in total. The molecule has 31 heavy (non-hydrogen) atoms. The van der Waals surface area contributed by atoms with E-state index < -0.39 is 0 Å².